The molecule has 1 aliphatic heterocycles. The first-order chi connectivity index (χ1) is 12.7. The highest BCUT2D eigenvalue weighted by Crippen LogP contribution is 2.29. The van der Waals surface area contributed by atoms with Gasteiger partial charge in [-0.3, -0.25) is 0 Å². The summed E-state index contributed by atoms with van der Waals surface area (Å²) in [6.45, 7) is 3.69. The molecule has 2 heterocycles. The van der Waals surface area contributed by atoms with Crippen molar-refractivity contribution in [3.8, 4) is 11.3 Å². The molecule has 0 amide bonds. The van der Waals surface area contributed by atoms with Crippen LogP contribution in [0.4, 0.5) is 17.2 Å². The Balaban J connectivity index is 1.53. The van der Waals surface area contributed by atoms with Crippen LogP contribution in [0.3, 0.4) is 0 Å². The monoisotopic (exact) mass is 364 g/mol. The number of benzene rings is 2. The molecule has 0 aliphatic carbocycles. The van der Waals surface area contributed by atoms with E-state index in [1.807, 2.05) is 42.5 Å². The standard InChI is InChI=1S/C21H21ClN4/c22-18-8-4-5-9-20(18)26-12-10-25(11-13-26)17-14-19(24-21(23)15-17)16-6-2-1-3-7-16/h1-9,14-15H,10-13H2,(H2,23,24). The topological polar surface area (TPSA) is 45.4 Å². The van der Waals surface area contributed by atoms with Crippen LogP contribution in [0, 0.1) is 0 Å². The van der Waals surface area contributed by atoms with Gasteiger partial charge >= 0.3 is 0 Å². The fraction of sp³-hybridized carbons (Fsp3) is 0.190. The predicted molar refractivity (Wildman–Crippen MR) is 110 cm³/mol. The summed E-state index contributed by atoms with van der Waals surface area (Å²) in [7, 11) is 0. The van der Waals surface area contributed by atoms with E-state index in [9.17, 15) is 0 Å². The van der Waals surface area contributed by atoms with Gasteiger partial charge in [0.2, 0.25) is 0 Å². The second-order valence-corrected chi connectivity index (χ2v) is 6.83. The molecule has 132 valence electrons. The molecule has 1 saturated heterocycles. The molecule has 0 radical (unpaired) electrons. The Morgan fingerprint density at radius 3 is 2.19 bits per heavy atom. The molecule has 0 atom stereocenters. The van der Waals surface area contributed by atoms with Gasteiger partial charge in [0.25, 0.3) is 0 Å². The highest BCUT2D eigenvalue weighted by Gasteiger charge is 2.20. The molecule has 2 aromatic carbocycles. The van der Waals surface area contributed by atoms with Crippen LogP contribution in [0.1, 0.15) is 0 Å². The lowest BCUT2D eigenvalue weighted by atomic mass is 10.1. The SMILES string of the molecule is Nc1cc(N2CCN(c3ccccc3Cl)CC2)cc(-c2ccccc2)n1. The van der Waals surface area contributed by atoms with Crippen molar-refractivity contribution >= 4 is 28.8 Å². The first kappa shape index (κ1) is 16.7. The maximum atomic E-state index is 6.34. The van der Waals surface area contributed by atoms with Crippen molar-refractivity contribution < 1.29 is 0 Å². The van der Waals surface area contributed by atoms with Gasteiger partial charge in [0.05, 0.1) is 16.4 Å². The molecule has 4 nitrogen and oxygen atoms in total. The van der Waals surface area contributed by atoms with Gasteiger partial charge in [-0.25, -0.2) is 4.98 Å². The van der Waals surface area contributed by atoms with Crippen LogP contribution >= 0.6 is 11.6 Å². The van der Waals surface area contributed by atoms with Gasteiger partial charge in [0, 0.05) is 43.5 Å². The minimum absolute atomic E-state index is 0.551. The zero-order valence-corrected chi connectivity index (χ0v) is 15.2. The Kier molecular flexibility index (Phi) is 4.67. The number of nitrogens with zero attached hydrogens (tertiary/aromatic N) is 3. The van der Waals surface area contributed by atoms with E-state index in [0.29, 0.717) is 5.82 Å². The third kappa shape index (κ3) is 3.46. The second kappa shape index (κ2) is 7.26. The number of nitrogens with two attached hydrogens (primary N) is 1. The number of pyridine rings is 1. The van der Waals surface area contributed by atoms with Crippen LogP contribution in [0.2, 0.25) is 5.02 Å². The van der Waals surface area contributed by atoms with Crippen molar-refractivity contribution in [1.29, 1.82) is 0 Å². The average Bonchev–Trinajstić information content (AvgIpc) is 2.69. The number of rotatable bonds is 3. The molecule has 2 N–H and O–H groups in total. The quantitative estimate of drug-likeness (QED) is 0.752. The number of piperazine rings is 1. The van der Waals surface area contributed by atoms with Crippen molar-refractivity contribution in [2.24, 2.45) is 0 Å². The lowest BCUT2D eigenvalue weighted by Gasteiger charge is -2.37. The molecule has 26 heavy (non-hydrogen) atoms. The maximum absolute atomic E-state index is 6.34. The van der Waals surface area contributed by atoms with Crippen LogP contribution in [0.5, 0.6) is 0 Å². The third-order valence-electron chi connectivity index (χ3n) is 4.74. The lowest BCUT2D eigenvalue weighted by molar-refractivity contribution is 0.653. The Morgan fingerprint density at radius 2 is 1.46 bits per heavy atom. The molecule has 3 aromatic rings. The van der Waals surface area contributed by atoms with Crippen molar-refractivity contribution in [1.82, 2.24) is 4.98 Å². The summed E-state index contributed by atoms with van der Waals surface area (Å²) in [4.78, 5) is 9.19. The minimum atomic E-state index is 0.551. The first-order valence-electron chi connectivity index (χ1n) is 8.78. The van der Waals surface area contributed by atoms with Gasteiger partial charge in [-0.15, -0.1) is 0 Å². The molecular formula is C21H21ClN4. The van der Waals surface area contributed by atoms with Crippen molar-refractivity contribution in [3.63, 3.8) is 0 Å². The smallest absolute Gasteiger partial charge is 0.126 e. The van der Waals surface area contributed by atoms with E-state index in [1.54, 1.807) is 0 Å². The Bertz CT molecular complexity index is 890. The molecule has 0 bridgehead atoms. The average molecular weight is 365 g/mol. The summed E-state index contributed by atoms with van der Waals surface area (Å²) in [5.74, 6) is 0.551. The summed E-state index contributed by atoms with van der Waals surface area (Å²) in [6, 6.07) is 22.2. The molecule has 1 fully saturated rings. The summed E-state index contributed by atoms with van der Waals surface area (Å²) in [5.41, 5.74) is 10.3. The Hall–Kier alpha value is -2.72. The summed E-state index contributed by atoms with van der Waals surface area (Å²) < 4.78 is 0. The lowest BCUT2D eigenvalue weighted by Crippen LogP contribution is -2.46. The number of hydrogen-bond donors (Lipinski definition) is 1. The van der Waals surface area contributed by atoms with Crippen LogP contribution in [-0.2, 0) is 0 Å². The number of aromatic nitrogens is 1. The largest absolute Gasteiger partial charge is 0.384 e. The van der Waals surface area contributed by atoms with E-state index in [1.165, 1.54) is 0 Å². The molecule has 1 aromatic heterocycles. The molecule has 0 unspecified atom stereocenters. The minimum Gasteiger partial charge on any atom is -0.384 e. The zero-order valence-electron chi connectivity index (χ0n) is 14.5. The molecule has 1 aliphatic rings. The van der Waals surface area contributed by atoms with Gasteiger partial charge in [-0.05, 0) is 18.2 Å². The molecule has 0 spiro atoms. The number of halogens is 1. The number of anilines is 3. The zero-order chi connectivity index (χ0) is 17.9. The van der Waals surface area contributed by atoms with Gasteiger partial charge < -0.3 is 15.5 Å². The van der Waals surface area contributed by atoms with Crippen LogP contribution in [0.15, 0.2) is 66.7 Å². The van der Waals surface area contributed by atoms with E-state index >= 15 is 0 Å². The third-order valence-corrected chi connectivity index (χ3v) is 5.06. The molecular weight excluding hydrogens is 344 g/mol. The first-order valence-corrected chi connectivity index (χ1v) is 9.16. The molecule has 4 rings (SSSR count). The number of hydrogen-bond acceptors (Lipinski definition) is 4. The highest BCUT2D eigenvalue weighted by atomic mass is 35.5. The molecule has 0 saturated carbocycles. The Morgan fingerprint density at radius 1 is 0.808 bits per heavy atom. The van der Waals surface area contributed by atoms with Gasteiger partial charge in [-0.2, -0.15) is 0 Å². The van der Waals surface area contributed by atoms with Gasteiger partial charge in [0.15, 0.2) is 0 Å². The van der Waals surface area contributed by atoms with E-state index in [-0.39, 0.29) is 0 Å². The van der Waals surface area contributed by atoms with Gasteiger partial charge in [-0.1, -0.05) is 54.1 Å². The van der Waals surface area contributed by atoms with Crippen molar-refractivity contribution in [2.75, 3.05) is 41.7 Å². The fourth-order valence-corrected chi connectivity index (χ4v) is 3.65. The maximum Gasteiger partial charge on any atom is 0.126 e. The van der Waals surface area contributed by atoms with Crippen LogP contribution < -0.4 is 15.5 Å². The van der Waals surface area contributed by atoms with E-state index in [0.717, 1.165) is 53.8 Å². The molecule has 5 heteroatoms. The van der Waals surface area contributed by atoms with Crippen molar-refractivity contribution in [2.45, 2.75) is 0 Å². The fourth-order valence-electron chi connectivity index (χ4n) is 3.39. The normalized spacial score (nSPS) is 14.5. The van der Waals surface area contributed by atoms with Crippen molar-refractivity contribution in [3.05, 3.63) is 71.8 Å². The summed E-state index contributed by atoms with van der Waals surface area (Å²) in [5, 5.41) is 0.806. The van der Waals surface area contributed by atoms with Crippen LogP contribution in [0.25, 0.3) is 11.3 Å². The Labute approximate surface area is 158 Å². The number of para-hydroxylation sites is 1. The van der Waals surface area contributed by atoms with E-state index < -0.39 is 0 Å². The van der Waals surface area contributed by atoms with E-state index in [4.69, 9.17) is 17.3 Å². The second-order valence-electron chi connectivity index (χ2n) is 6.43. The van der Waals surface area contributed by atoms with Crippen LogP contribution in [-0.4, -0.2) is 31.2 Å². The van der Waals surface area contributed by atoms with E-state index in [2.05, 4.69) is 39.0 Å². The summed E-state index contributed by atoms with van der Waals surface area (Å²) in [6.07, 6.45) is 0. The highest BCUT2D eigenvalue weighted by molar-refractivity contribution is 6.33. The predicted octanol–water partition coefficient (Wildman–Crippen LogP) is 4.31. The summed E-state index contributed by atoms with van der Waals surface area (Å²) >= 11 is 6.34. The van der Waals surface area contributed by atoms with Gasteiger partial charge in [0.1, 0.15) is 5.82 Å². The number of nitrogen functional groups attached to an aromatic ring is 1.